The number of likely N-dealkylation sites (N-methyl/N-ethyl adjacent to an activating group) is 1. The van der Waals surface area contributed by atoms with E-state index in [0.717, 1.165) is 13.1 Å². The zero-order valence-corrected chi connectivity index (χ0v) is 7.45. The van der Waals surface area contributed by atoms with Gasteiger partial charge in [-0.3, -0.25) is 4.90 Å². The van der Waals surface area contributed by atoms with E-state index < -0.39 is 0 Å². The van der Waals surface area contributed by atoms with E-state index in [4.69, 9.17) is 15.9 Å². The van der Waals surface area contributed by atoms with E-state index in [1.807, 2.05) is 0 Å². The highest BCUT2D eigenvalue weighted by molar-refractivity contribution is 4.88. The van der Waals surface area contributed by atoms with Crippen LogP contribution in [0.15, 0.2) is 0 Å². The number of nitrogens with zero attached hydrogens (tertiary/aromatic N) is 1. The number of rotatable bonds is 4. The minimum absolute atomic E-state index is 0.0710. The number of hydrogen-bond donors (Lipinski definition) is 0. The molecule has 0 radical (unpaired) electrons. The Balaban J connectivity index is 2.21. The van der Waals surface area contributed by atoms with Crippen LogP contribution in [-0.4, -0.2) is 44.0 Å². The second-order valence-corrected chi connectivity index (χ2v) is 2.70. The molecule has 12 heavy (non-hydrogen) atoms. The number of hydrogen-bond acceptors (Lipinski definition) is 3. The van der Waals surface area contributed by atoms with Gasteiger partial charge in [-0.05, 0) is 6.54 Å². The molecule has 1 aliphatic rings. The minimum Gasteiger partial charge on any atom is -0.349 e. The van der Waals surface area contributed by atoms with Crippen LogP contribution in [0.2, 0.25) is 0 Å². The van der Waals surface area contributed by atoms with E-state index in [2.05, 4.69) is 17.7 Å². The molecular weight excluding hydrogens is 154 g/mol. The lowest BCUT2D eigenvalue weighted by molar-refractivity contribution is -0.0593. The number of ether oxygens (including phenoxy) is 2. The molecule has 68 valence electrons. The molecule has 0 amide bonds. The lowest BCUT2D eigenvalue weighted by atomic mass is 10.4. The van der Waals surface area contributed by atoms with Gasteiger partial charge in [0.2, 0.25) is 0 Å². The molecule has 0 aliphatic carbocycles. The molecule has 1 heterocycles. The lowest BCUT2D eigenvalue weighted by Crippen LogP contribution is -2.33. The third-order valence-electron chi connectivity index (χ3n) is 1.86. The lowest BCUT2D eigenvalue weighted by Gasteiger charge is -2.20. The molecule has 0 bridgehead atoms. The molecule has 1 saturated heterocycles. The van der Waals surface area contributed by atoms with Crippen molar-refractivity contribution < 1.29 is 9.47 Å². The molecule has 0 unspecified atom stereocenters. The Bertz CT molecular complexity index is 158. The maximum Gasteiger partial charge on any atom is 0.170 e. The molecule has 0 aromatic heterocycles. The summed E-state index contributed by atoms with van der Waals surface area (Å²) in [4.78, 5) is 2.12. The standard InChI is InChI=1S/C9H15NO2/c1-3-5-10(4-2)8-9-11-6-7-12-9/h1,9H,4-8H2,2H3. The monoisotopic (exact) mass is 169 g/mol. The molecule has 0 saturated carbocycles. The predicted molar refractivity (Wildman–Crippen MR) is 46.6 cm³/mol. The average molecular weight is 169 g/mol. The van der Waals surface area contributed by atoms with Crippen LogP contribution in [0, 0.1) is 12.3 Å². The van der Waals surface area contributed by atoms with Gasteiger partial charge < -0.3 is 9.47 Å². The van der Waals surface area contributed by atoms with Crippen LogP contribution in [0.1, 0.15) is 6.92 Å². The third-order valence-corrected chi connectivity index (χ3v) is 1.86. The van der Waals surface area contributed by atoms with Crippen LogP contribution in [0.3, 0.4) is 0 Å². The van der Waals surface area contributed by atoms with Gasteiger partial charge in [0.25, 0.3) is 0 Å². The molecule has 1 fully saturated rings. The predicted octanol–water partition coefficient (Wildman–Crippen LogP) is 0.314. The normalized spacial score (nSPS) is 18.4. The highest BCUT2D eigenvalue weighted by atomic mass is 16.7. The summed E-state index contributed by atoms with van der Waals surface area (Å²) in [5.41, 5.74) is 0. The van der Waals surface area contributed by atoms with Crippen molar-refractivity contribution in [1.29, 1.82) is 0 Å². The van der Waals surface area contributed by atoms with Gasteiger partial charge in [-0.2, -0.15) is 0 Å². The fraction of sp³-hybridized carbons (Fsp3) is 0.778. The van der Waals surface area contributed by atoms with Crippen molar-refractivity contribution in [3.05, 3.63) is 0 Å². The summed E-state index contributed by atoms with van der Waals surface area (Å²) in [6.07, 6.45) is 5.13. The summed E-state index contributed by atoms with van der Waals surface area (Å²) >= 11 is 0. The highest BCUT2D eigenvalue weighted by Gasteiger charge is 2.18. The Morgan fingerprint density at radius 1 is 1.50 bits per heavy atom. The van der Waals surface area contributed by atoms with E-state index in [1.165, 1.54) is 0 Å². The van der Waals surface area contributed by atoms with Crippen LogP contribution in [-0.2, 0) is 9.47 Å². The molecule has 3 heteroatoms. The molecule has 0 aromatic carbocycles. The van der Waals surface area contributed by atoms with Crippen molar-refractivity contribution in [3.63, 3.8) is 0 Å². The van der Waals surface area contributed by atoms with Crippen molar-refractivity contribution in [2.24, 2.45) is 0 Å². The Morgan fingerprint density at radius 3 is 2.67 bits per heavy atom. The van der Waals surface area contributed by atoms with Crippen molar-refractivity contribution in [3.8, 4) is 12.3 Å². The maximum atomic E-state index is 5.30. The van der Waals surface area contributed by atoms with Gasteiger partial charge in [0.15, 0.2) is 6.29 Å². The van der Waals surface area contributed by atoms with Gasteiger partial charge in [-0.1, -0.05) is 12.8 Å². The second-order valence-electron chi connectivity index (χ2n) is 2.70. The topological polar surface area (TPSA) is 21.7 Å². The average Bonchev–Trinajstić information content (AvgIpc) is 2.56. The molecule has 1 aliphatic heterocycles. The van der Waals surface area contributed by atoms with Gasteiger partial charge >= 0.3 is 0 Å². The molecular formula is C9H15NO2. The summed E-state index contributed by atoms with van der Waals surface area (Å²) in [7, 11) is 0. The molecule has 0 atom stereocenters. The highest BCUT2D eigenvalue weighted by Crippen LogP contribution is 2.05. The zero-order chi connectivity index (χ0) is 8.81. The Kier molecular flexibility index (Phi) is 4.09. The van der Waals surface area contributed by atoms with Crippen molar-refractivity contribution in [2.75, 3.05) is 32.8 Å². The van der Waals surface area contributed by atoms with Gasteiger partial charge in [0.05, 0.1) is 26.3 Å². The van der Waals surface area contributed by atoms with E-state index >= 15 is 0 Å². The van der Waals surface area contributed by atoms with Crippen molar-refractivity contribution in [2.45, 2.75) is 13.2 Å². The fourth-order valence-electron chi connectivity index (χ4n) is 1.16. The Labute approximate surface area is 73.6 Å². The quantitative estimate of drug-likeness (QED) is 0.565. The summed E-state index contributed by atoms with van der Waals surface area (Å²) in [5.74, 6) is 2.61. The SMILES string of the molecule is C#CCN(CC)CC1OCCO1. The number of terminal acetylenes is 1. The van der Waals surface area contributed by atoms with Crippen molar-refractivity contribution >= 4 is 0 Å². The summed E-state index contributed by atoms with van der Waals surface area (Å²) in [6, 6.07) is 0. The van der Waals surface area contributed by atoms with Gasteiger partial charge in [-0.15, -0.1) is 6.42 Å². The summed E-state index contributed by atoms with van der Waals surface area (Å²) < 4.78 is 10.6. The molecule has 1 rings (SSSR count). The Hall–Kier alpha value is -0.560. The second kappa shape index (κ2) is 5.15. The maximum absolute atomic E-state index is 5.30. The Morgan fingerprint density at radius 2 is 2.17 bits per heavy atom. The van der Waals surface area contributed by atoms with E-state index in [0.29, 0.717) is 19.8 Å². The molecule has 3 nitrogen and oxygen atoms in total. The first-order chi connectivity index (χ1) is 5.86. The van der Waals surface area contributed by atoms with Gasteiger partial charge in [-0.25, -0.2) is 0 Å². The van der Waals surface area contributed by atoms with Crippen LogP contribution < -0.4 is 0 Å². The first-order valence-corrected chi connectivity index (χ1v) is 4.26. The van der Waals surface area contributed by atoms with Crippen LogP contribution in [0.25, 0.3) is 0 Å². The van der Waals surface area contributed by atoms with E-state index in [9.17, 15) is 0 Å². The van der Waals surface area contributed by atoms with Crippen LogP contribution in [0.4, 0.5) is 0 Å². The first kappa shape index (κ1) is 9.53. The van der Waals surface area contributed by atoms with E-state index in [-0.39, 0.29) is 6.29 Å². The summed E-state index contributed by atoms with van der Waals surface area (Å²) in [6.45, 7) is 5.87. The van der Waals surface area contributed by atoms with Gasteiger partial charge in [0.1, 0.15) is 0 Å². The smallest absolute Gasteiger partial charge is 0.170 e. The third kappa shape index (κ3) is 2.82. The fourth-order valence-corrected chi connectivity index (χ4v) is 1.16. The van der Waals surface area contributed by atoms with Crippen molar-refractivity contribution in [1.82, 2.24) is 4.90 Å². The van der Waals surface area contributed by atoms with Crippen LogP contribution in [0.5, 0.6) is 0 Å². The van der Waals surface area contributed by atoms with Crippen LogP contribution >= 0.6 is 0 Å². The summed E-state index contributed by atoms with van der Waals surface area (Å²) in [5, 5.41) is 0. The minimum atomic E-state index is -0.0710. The zero-order valence-electron chi connectivity index (χ0n) is 7.45. The molecule has 0 N–H and O–H groups in total. The van der Waals surface area contributed by atoms with Gasteiger partial charge in [0, 0.05) is 0 Å². The van der Waals surface area contributed by atoms with E-state index in [1.54, 1.807) is 0 Å². The molecule has 0 spiro atoms. The first-order valence-electron chi connectivity index (χ1n) is 4.26. The largest absolute Gasteiger partial charge is 0.349 e. The molecule has 0 aromatic rings.